The highest BCUT2D eigenvalue weighted by molar-refractivity contribution is 5.78. The predicted molar refractivity (Wildman–Crippen MR) is 95.2 cm³/mol. The van der Waals surface area contributed by atoms with Crippen molar-refractivity contribution in [2.75, 3.05) is 27.3 Å². The molecule has 3 atom stereocenters. The van der Waals surface area contributed by atoms with Crippen molar-refractivity contribution in [2.45, 2.75) is 12.3 Å². The monoisotopic (exact) mass is 382 g/mol. The molecule has 6 rings (SSSR count). The molecule has 3 heterocycles. The van der Waals surface area contributed by atoms with Crippen molar-refractivity contribution >= 4 is 5.97 Å². The minimum atomic E-state index is -0.252. The van der Waals surface area contributed by atoms with Crippen molar-refractivity contribution in [2.24, 2.45) is 11.8 Å². The number of benzene rings is 2. The van der Waals surface area contributed by atoms with Gasteiger partial charge in [0, 0.05) is 11.8 Å². The summed E-state index contributed by atoms with van der Waals surface area (Å²) in [6, 6.07) is 7.91. The maximum Gasteiger partial charge on any atom is 0.310 e. The van der Waals surface area contributed by atoms with E-state index in [0.29, 0.717) is 29.6 Å². The third-order valence-corrected chi connectivity index (χ3v) is 6.07. The van der Waals surface area contributed by atoms with Gasteiger partial charge in [0.1, 0.15) is 0 Å². The first-order valence-electron chi connectivity index (χ1n) is 9.29. The summed E-state index contributed by atoms with van der Waals surface area (Å²) in [7, 11) is 1.60. The van der Waals surface area contributed by atoms with Crippen LogP contribution in [0.1, 0.15) is 22.6 Å². The van der Waals surface area contributed by atoms with Crippen LogP contribution in [0, 0.1) is 11.8 Å². The summed E-state index contributed by atoms with van der Waals surface area (Å²) in [6.07, 6.45) is 0.778. The molecule has 1 saturated heterocycles. The van der Waals surface area contributed by atoms with Gasteiger partial charge in [-0.1, -0.05) is 0 Å². The molecule has 28 heavy (non-hydrogen) atoms. The van der Waals surface area contributed by atoms with Crippen LogP contribution in [0.3, 0.4) is 0 Å². The van der Waals surface area contributed by atoms with E-state index in [9.17, 15) is 4.79 Å². The largest absolute Gasteiger partial charge is 0.493 e. The smallest absolute Gasteiger partial charge is 0.310 e. The summed E-state index contributed by atoms with van der Waals surface area (Å²) in [6.45, 7) is 0.814. The average molecular weight is 382 g/mol. The van der Waals surface area contributed by atoms with E-state index >= 15 is 0 Å². The zero-order chi connectivity index (χ0) is 18.8. The number of fused-ring (bicyclic) bond motifs is 4. The molecular weight excluding hydrogens is 364 g/mol. The number of hydrogen-bond acceptors (Lipinski definition) is 7. The zero-order valence-electron chi connectivity index (χ0n) is 15.2. The Morgan fingerprint density at radius 2 is 1.71 bits per heavy atom. The number of carbonyl (C=O) groups is 1. The molecule has 0 spiro atoms. The van der Waals surface area contributed by atoms with Crippen LogP contribution in [-0.2, 0) is 16.0 Å². The lowest BCUT2D eigenvalue weighted by Gasteiger charge is -2.33. The lowest BCUT2D eigenvalue weighted by Crippen LogP contribution is -2.31. The summed E-state index contributed by atoms with van der Waals surface area (Å²) in [5, 5.41) is 0. The molecule has 3 aliphatic heterocycles. The molecule has 2 aromatic rings. The highest BCUT2D eigenvalue weighted by atomic mass is 16.7. The van der Waals surface area contributed by atoms with Gasteiger partial charge in [-0.2, -0.15) is 0 Å². The van der Waals surface area contributed by atoms with Gasteiger partial charge in [0.25, 0.3) is 0 Å². The van der Waals surface area contributed by atoms with Crippen LogP contribution in [0.5, 0.6) is 28.7 Å². The maximum atomic E-state index is 12.7. The molecule has 0 saturated carbocycles. The zero-order valence-corrected chi connectivity index (χ0v) is 15.2. The van der Waals surface area contributed by atoms with E-state index in [1.54, 1.807) is 7.11 Å². The highest BCUT2D eigenvalue weighted by Gasteiger charge is 2.48. The molecule has 0 aromatic heterocycles. The lowest BCUT2D eigenvalue weighted by atomic mass is 9.67. The second-order valence-corrected chi connectivity index (χ2v) is 7.46. The minimum Gasteiger partial charge on any atom is -0.493 e. The SMILES string of the molecule is COc1cc(C2c3cc4c(cc3C[C@H]3COC(=O)[C@@H]23)OCO4)cc2c1OCO2. The van der Waals surface area contributed by atoms with E-state index in [1.165, 1.54) is 0 Å². The number of carbonyl (C=O) groups excluding carboxylic acids is 1. The van der Waals surface area contributed by atoms with Crippen molar-refractivity contribution in [3.8, 4) is 28.7 Å². The number of hydrogen-bond donors (Lipinski definition) is 0. The van der Waals surface area contributed by atoms with E-state index in [-0.39, 0.29) is 37.3 Å². The fraction of sp³-hybridized carbons (Fsp3) is 0.381. The van der Waals surface area contributed by atoms with Crippen LogP contribution in [0.15, 0.2) is 24.3 Å². The van der Waals surface area contributed by atoms with E-state index in [1.807, 2.05) is 24.3 Å². The third kappa shape index (κ3) is 2.13. The Kier molecular flexibility index (Phi) is 3.24. The molecule has 7 heteroatoms. The standard InChI is InChI=1S/C21H18O7/c1-23-16-4-11(5-17-20(16)28-9-27-17)18-13-6-15-14(25-8-26-15)3-10(13)2-12-7-24-21(22)19(12)18/h3-6,12,18-19H,2,7-9H2,1H3/t12-,18?,19+/m0/s1. The number of methoxy groups -OCH3 is 1. The van der Waals surface area contributed by atoms with Gasteiger partial charge in [-0.3, -0.25) is 4.79 Å². The van der Waals surface area contributed by atoms with Crippen LogP contribution in [-0.4, -0.2) is 33.3 Å². The van der Waals surface area contributed by atoms with Crippen LogP contribution in [0.4, 0.5) is 0 Å². The molecule has 0 N–H and O–H groups in total. The van der Waals surface area contributed by atoms with Gasteiger partial charge >= 0.3 is 5.97 Å². The Morgan fingerprint density at radius 3 is 2.57 bits per heavy atom. The van der Waals surface area contributed by atoms with Crippen LogP contribution >= 0.6 is 0 Å². The number of ether oxygens (including phenoxy) is 6. The minimum absolute atomic E-state index is 0.127. The van der Waals surface area contributed by atoms with Crippen LogP contribution < -0.4 is 23.7 Å². The number of cyclic esters (lactones) is 1. The molecular formula is C21H18O7. The Balaban J connectivity index is 1.56. The Labute approximate surface area is 161 Å². The first kappa shape index (κ1) is 15.9. The maximum absolute atomic E-state index is 12.7. The van der Waals surface area contributed by atoms with E-state index in [2.05, 4.69) is 0 Å². The third-order valence-electron chi connectivity index (χ3n) is 6.07. The molecule has 2 aromatic carbocycles. The van der Waals surface area contributed by atoms with Crippen LogP contribution in [0.2, 0.25) is 0 Å². The molecule has 7 nitrogen and oxygen atoms in total. The summed E-state index contributed by atoms with van der Waals surface area (Å²) < 4.78 is 33.3. The number of rotatable bonds is 2. The Hall–Kier alpha value is -3.09. The molecule has 1 unspecified atom stereocenters. The van der Waals surface area contributed by atoms with Gasteiger partial charge in [-0.05, 0) is 47.4 Å². The average Bonchev–Trinajstić information content (AvgIpc) is 3.43. The number of esters is 1. The second kappa shape index (κ2) is 5.70. The normalized spacial score (nSPS) is 25.9. The van der Waals surface area contributed by atoms with Gasteiger partial charge in [-0.25, -0.2) is 0 Å². The van der Waals surface area contributed by atoms with Gasteiger partial charge in [0.2, 0.25) is 19.3 Å². The molecule has 144 valence electrons. The van der Waals surface area contributed by atoms with Crippen LogP contribution in [0.25, 0.3) is 0 Å². The van der Waals surface area contributed by atoms with Crippen molar-refractivity contribution in [3.05, 3.63) is 41.0 Å². The van der Waals surface area contributed by atoms with Gasteiger partial charge in [0.15, 0.2) is 23.0 Å². The van der Waals surface area contributed by atoms with Crippen molar-refractivity contribution in [1.82, 2.24) is 0 Å². The summed E-state index contributed by atoms with van der Waals surface area (Å²) in [5.41, 5.74) is 3.16. The molecule has 1 fully saturated rings. The lowest BCUT2D eigenvalue weighted by molar-refractivity contribution is -0.141. The second-order valence-electron chi connectivity index (χ2n) is 7.46. The van der Waals surface area contributed by atoms with E-state index in [0.717, 1.165) is 28.9 Å². The van der Waals surface area contributed by atoms with Gasteiger partial charge < -0.3 is 28.4 Å². The first-order chi connectivity index (χ1) is 13.7. The highest BCUT2D eigenvalue weighted by Crippen LogP contribution is 2.53. The molecule has 1 aliphatic carbocycles. The fourth-order valence-corrected chi connectivity index (χ4v) is 4.83. The van der Waals surface area contributed by atoms with Gasteiger partial charge in [-0.15, -0.1) is 0 Å². The first-order valence-corrected chi connectivity index (χ1v) is 9.29. The summed E-state index contributed by atoms with van der Waals surface area (Å²) in [5.74, 6) is 2.83. The van der Waals surface area contributed by atoms with Crippen molar-refractivity contribution in [3.63, 3.8) is 0 Å². The summed E-state index contributed by atoms with van der Waals surface area (Å²) >= 11 is 0. The van der Waals surface area contributed by atoms with Crippen molar-refractivity contribution in [1.29, 1.82) is 0 Å². The van der Waals surface area contributed by atoms with Crippen molar-refractivity contribution < 1.29 is 33.2 Å². The predicted octanol–water partition coefficient (Wildman–Crippen LogP) is 2.63. The molecule has 4 aliphatic rings. The summed E-state index contributed by atoms with van der Waals surface area (Å²) in [4.78, 5) is 12.7. The van der Waals surface area contributed by atoms with E-state index < -0.39 is 0 Å². The topological polar surface area (TPSA) is 72.5 Å². The molecule has 0 bridgehead atoms. The van der Waals surface area contributed by atoms with E-state index in [4.69, 9.17) is 28.4 Å². The van der Waals surface area contributed by atoms with Gasteiger partial charge in [0.05, 0.1) is 19.6 Å². The Bertz CT molecular complexity index is 999. The molecule has 0 amide bonds. The quantitative estimate of drug-likeness (QED) is 0.740. The Morgan fingerprint density at radius 1 is 0.929 bits per heavy atom. The molecule has 0 radical (unpaired) electrons. The fourth-order valence-electron chi connectivity index (χ4n) is 4.83.